The van der Waals surface area contributed by atoms with Crippen LogP contribution < -0.4 is 5.32 Å². The van der Waals surface area contributed by atoms with Gasteiger partial charge in [0.05, 0.1) is 11.5 Å². The maximum atomic E-state index is 14.1. The number of likely N-dealkylation sites (tertiary alicyclic amines) is 1. The fourth-order valence-corrected chi connectivity index (χ4v) is 5.26. The lowest BCUT2D eigenvalue weighted by atomic mass is 9.80. The lowest BCUT2D eigenvalue weighted by Crippen LogP contribution is -2.53. The summed E-state index contributed by atoms with van der Waals surface area (Å²) in [6, 6.07) is 17.2. The third kappa shape index (κ3) is 5.08. The number of benzene rings is 2. The van der Waals surface area contributed by atoms with Gasteiger partial charge in [0.2, 0.25) is 11.8 Å². The molecule has 1 N–H and O–H groups in total. The summed E-state index contributed by atoms with van der Waals surface area (Å²) < 4.78 is 5.57. The zero-order valence-electron chi connectivity index (χ0n) is 21.2. The predicted molar refractivity (Wildman–Crippen MR) is 139 cm³/mol. The topological polar surface area (TPSA) is 103 Å². The van der Waals surface area contributed by atoms with E-state index in [1.54, 1.807) is 6.08 Å². The van der Waals surface area contributed by atoms with E-state index in [1.807, 2.05) is 68.4 Å². The molecular weight excluding hydrogens is 468 g/mol. The highest BCUT2D eigenvalue weighted by molar-refractivity contribution is 6.07. The van der Waals surface area contributed by atoms with Crippen molar-refractivity contribution < 1.29 is 19.1 Å². The van der Waals surface area contributed by atoms with E-state index in [9.17, 15) is 19.6 Å². The molecule has 3 atom stereocenters. The molecule has 8 heteroatoms. The average molecular weight is 501 g/mol. The molecule has 0 aromatic heterocycles. The highest BCUT2D eigenvalue weighted by Crippen LogP contribution is 2.46. The van der Waals surface area contributed by atoms with Crippen LogP contribution in [0.5, 0.6) is 0 Å². The molecule has 0 radical (unpaired) electrons. The van der Waals surface area contributed by atoms with Crippen molar-refractivity contribution in [2.24, 2.45) is 5.92 Å². The number of fused-ring (bicyclic) bond motifs is 2. The van der Waals surface area contributed by atoms with Gasteiger partial charge in [-0.25, -0.2) is 4.79 Å². The van der Waals surface area contributed by atoms with Crippen LogP contribution in [0.3, 0.4) is 0 Å². The van der Waals surface area contributed by atoms with Crippen LogP contribution in [0, 0.1) is 17.2 Å². The lowest BCUT2D eigenvalue weighted by Gasteiger charge is -2.34. The Balaban J connectivity index is 1.61. The Kier molecular flexibility index (Phi) is 7.63. The number of nitrogens with zero attached hydrogens (tertiary/aromatic N) is 3. The van der Waals surface area contributed by atoms with Crippen molar-refractivity contribution in [1.29, 1.82) is 5.26 Å². The largest absolute Gasteiger partial charge is 0.445 e. The quantitative estimate of drug-likeness (QED) is 0.546. The summed E-state index contributed by atoms with van der Waals surface area (Å²) in [5.41, 5.74) is 1.33. The second kappa shape index (κ2) is 10.9. The number of rotatable bonds is 8. The van der Waals surface area contributed by atoms with Crippen LogP contribution in [-0.4, -0.2) is 52.9 Å². The summed E-state index contributed by atoms with van der Waals surface area (Å²) in [6.07, 6.45) is 1.50. The van der Waals surface area contributed by atoms with E-state index in [-0.39, 0.29) is 43.8 Å². The zero-order chi connectivity index (χ0) is 26.6. The number of carbonyl (C=O) groups is 3. The molecule has 2 aliphatic rings. The Morgan fingerprint density at radius 2 is 1.95 bits per heavy atom. The number of amides is 3. The minimum absolute atomic E-state index is 0.0699. The van der Waals surface area contributed by atoms with E-state index < -0.39 is 23.6 Å². The van der Waals surface area contributed by atoms with E-state index in [4.69, 9.17) is 4.74 Å². The van der Waals surface area contributed by atoms with Gasteiger partial charge in [-0.2, -0.15) is 5.26 Å². The monoisotopic (exact) mass is 500 g/mol. The Bertz CT molecular complexity index is 1220. The van der Waals surface area contributed by atoms with Gasteiger partial charge in [-0.15, -0.1) is 6.58 Å². The molecule has 1 unspecified atom stereocenters. The smallest absolute Gasteiger partial charge is 0.411 e. The fourth-order valence-electron chi connectivity index (χ4n) is 5.26. The molecule has 8 nitrogen and oxygen atoms in total. The minimum atomic E-state index is -0.994. The third-order valence-corrected chi connectivity index (χ3v) is 7.04. The molecule has 2 aromatic carbocycles. The molecule has 192 valence electrons. The van der Waals surface area contributed by atoms with Crippen LogP contribution in [0.4, 0.5) is 10.5 Å². The van der Waals surface area contributed by atoms with E-state index in [1.165, 1.54) is 9.80 Å². The predicted octanol–water partition coefficient (Wildman–Crippen LogP) is 4.24. The van der Waals surface area contributed by atoms with Gasteiger partial charge in [0.1, 0.15) is 18.7 Å². The summed E-state index contributed by atoms with van der Waals surface area (Å²) in [6.45, 7) is 7.95. The maximum Gasteiger partial charge on any atom is 0.411 e. The number of anilines is 1. The molecule has 1 fully saturated rings. The van der Waals surface area contributed by atoms with Crippen LogP contribution in [0.15, 0.2) is 67.3 Å². The summed E-state index contributed by atoms with van der Waals surface area (Å²) in [5.74, 6) is -0.501. The standard InChI is InChI=1S/C29H32N4O4/c1-4-14-32(28(36)37-18-21-10-6-5-7-11-21)25(15-20(2)3)26(34)33-19-29(16-22(33)17-30)23-12-8-9-13-24(23)31-27(29)35/h4-13,20,22,25H,1,14-16,18-19H2,2-3H3,(H,31,35)/t22?,25-,29-/m0/s1. The maximum absolute atomic E-state index is 14.1. The molecule has 1 saturated heterocycles. The molecule has 2 aliphatic heterocycles. The molecular formula is C29H32N4O4. The van der Waals surface area contributed by atoms with Crippen molar-refractivity contribution in [1.82, 2.24) is 9.80 Å². The third-order valence-electron chi connectivity index (χ3n) is 7.04. The van der Waals surface area contributed by atoms with Crippen molar-refractivity contribution in [2.75, 3.05) is 18.4 Å². The molecule has 0 bridgehead atoms. The van der Waals surface area contributed by atoms with Gasteiger partial charge >= 0.3 is 6.09 Å². The van der Waals surface area contributed by atoms with Crippen molar-refractivity contribution in [2.45, 2.75) is 50.8 Å². The number of carbonyl (C=O) groups excluding carboxylic acids is 3. The summed E-state index contributed by atoms with van der Waals surface area (Å²) in [7, 11) is 0. The van der Waals surface area contributed by atoms with Crippen molar-refractivity contribution in [3.05, 3.63) is 78.4 Å². The SMILES string of the molecule is C=CCN(C(=O)OCc1ccccc1)[C@@H](CC(C)C)C(=O)N1C[C@]2(CC1C#N)C(=O)Nc1ccccc12. The highest BCUT2D eigenvalue weighted by atomic mass is 16.6. The lowest BCUT2D eigenvalue weighted by molar-refractivity contribution is -0.137. The van der Waals surface area contributed by atoms with E-state index in [0.717, 1.165) is 11.1 Å². The molecule has 3 amide bonds. The minimum Gasteiger partial charge on any atom is -0.445 e. The summed E-state index contributed by atoms with van der Waals surface area (Å²) in [4.78, 5) is 43.3. The zero-order valence-corrected chi connectivity index (χ0v) is 21.2. The van der Waals surface area contributed by atoms with Crippen molar-refractivity contribution in [3.63, 3.8) is 0 Å². The van der Waals surface area contributed by atoms with Crippen molar-refractivity contribution >= 4 is 23.6 Å². The van der Waals surface area contributed by atoms with E-state index in [0.29, 0.717) is 12.1 Å². The van der Waals surface area contributed by atoms with Gasteiger partial charge in [0.25, 0.3) is 0 Å². The highest BCUT2D eigenvalue weighted by Gasteiger charge is 2.56. The van der Waals surface area contributed by atoms with Gasteiger partial charge in [0, 0.05) is 25.2 Å². The van der Waals surface area contributed by atoms with Crippen LogP contribution in [-0.2, 0) is 26.3 Å². The van der Waals surface area contributed by atoms with Crippen LogP contribution in [0.25, 0.3) is 0 Å². The molecule has 2 heterocycles. The summed E-state index contributed by atoms with van der Waals surface area (Å²) >= 11 is 0. The van der Waals surface area contributed by atoms with Crippen molar-refractivity contribution in [3.8, 4) is 6.07 Å². The average Bonchev–Trinajstić information content (AvgIpc) is 3.42. The molecule has 1 spiro atoms. The Morgan fingerprint density at radius 1 is 1.24 bits per heavy atom. The first kappa shape index (κ1) is 26.0. The van der Waals surface area contributed by atoms with Gasteiger partial charge in [0.15, 0.2) is 0 Å². The number of para-hydroxylation sites is 1. The Morgan fingerprint density at radius 3 is 2.62 bits per heavy atom. The number of nitrogens with one attached hydrogen (secondary N) is 1. The molecule has 4 rings (SSSR count). The second-order valence-corrected chi connectivity index (χ2v) is 10.0. The first-order chi connectivity index (χ1) is 17.8. The van der Waals surface area contributed by atoms with E-state index in [2.05, 4.69) is 18.0 Å². The van der Waals surface area contributed by atoms with Crippen LogP contribution in [0.1, 0.15) is 37.8 Å². The number of ether oxygens (including phenoxy) is 1. The molecule has 0 saturated carbocycles. The fraction of sp³-hybridized carbons (Fsp3) is 0.379. The first-order valence-corrected chi connectivity index (χ1v) is 12.5. The molecule has 2 aromatic rings. The van der Waals surface area contributed by atoms with Crippen LogP contribution >= 0.6 is 0 Å². The molecule has 37 heavy (non-hydrogen) atoms. The van der Waals surface area contributed by atoms with Gasteiger partial charge in [-0.3, -0.25) is 14.5 Å². The number of hydrogen-bond donors (Lipinski definition) is 1. The number of hydrogen-bond acceptors (Lipinski definition) is 5. The normalized spacial score (nSPS) is 20.8. The number of nitriles is 1. The Labute approximate surface area is 217 Å². The van der Waals surface area contributed by atoms with Gasteiger partial charge < -0.3 is 15.0 Å². The second-order valence-electron chi connectivity index (χ2n) is 10.0. The summed E-state index contributed by atoms with van der Waals surface area (Å²) in [5, 5.41) is 12.9. The molecule has 0 aliphatic carbocycles. The van der Waals surface area contributed by atoms with Gasteiger partial charge in [-0.05, 0) is 29.5 Å². The Hall–Kier alpha value is -4.12. The first-order valence-electron chi connectivity index (χ1n) is 12.5. The van der Waals surface area contributed by atoms with Crippen LogP contribution in [0.2, 0.25) is 0 Å². The van der Waals surface area contributed by atoms with E-state index >= 15 is 0 Å². The van der Waals surface area contributed by atoms with Gasteiger partial charge in [-0.1, -0.05) is 68.5 Å².